The Labute approximate surface area is 122 Å². The van der Waals surface area contributed by atoms with E-state index in [1.807, 2.05) is 24.3 Å². The Balaban J connectivity index is 1.73. The van der Waals surface area contributed by atoms with Crippen molar-refractivity contribution < 1.29 is 8.78 Å². The summed E-state index contributed by atoms with van der Waals surface area (Å²) in [5.41, 5.74) is 2.28. The topological polar surface area (TPSA) is 0 Å². The van der Waals surface area contributed by atoms with Crippen LogP contribution in [0.4, 0.5) is 8.78 Å². The third-order valence-corrected chi connectivity index (χ3v) is 4.10. The van der Waals surface area contributed by atoms with Gasteiger partial charge in [-0.25, -0.2) is 8.78 Å². The third kappa shape index (κ3) is 3.01. The van der Waals surface area contributed by atoms with Crippen molar-refractivity contribution in [1.82, 2.24) is 0 Å². The summed E-state index contributed by atoms with van der Waals surface area (Å²) in [7, 11) is 0. The van der Waals surface area contributed by atoms with Gasteiger partial charge < -0.3 is 0 Å². The second kappa shape index (κ2) is 5.53. The smallest absolute Gasteiger partial charge is 0.205 e. The molecule has 0 spiro atoms. The standard InChI is InChI=1S/C17H15ClF2/c18-15-8-13(7-14(9-15)17(19)20)16-10-12(16)6-11-4-2-1-3-5-11/h1-5,7-9,12,16-17H,6,10H2. The number of hydrogen-bond donors (Lipinski definition) is 0. The molecule has 0 N–H and O–H groups in total. The summed E-state index contributed by atoms with van der Waals surface area (Å²) in [6, 6.07) is 15.1. The Bertz CT molecular complexity index is 595. The molecule has 1 saturated carbocycles. The zero-order valence-electron chi connectivity index (χ0n) is 10.9. The lowest BCUT2D eigenvalue weighted by Crippen LogP contribution is -1.92. The van der Waals surface area contributed by atoms with Crippen LogP contribution in [-0.4, -0.2) is 0 Å². The van der Waals surface area contributed by atoms with E-state index < -0.39 is 6.43 Å². The predicted molar refractivity (Wildman–Crippen MR) is 77.4 cm³/mol. The molecule has 1 fully saturated rings. The van der Waals surface area contributed by atoms with Gasteiger partial charge in [0.1, 0.15) is 0 Å². The molecular weight excluding hydrogens is 278 g/mol. The van der Waals surface area contributed by atoms with Gasteiger partial charge in [-0.05, 0) is 54.0 Å². The highest BCUT2D eigenvalue weighted by Gasteiger charge is 2.38. The first kappa shape index (κ1) is 13.6. The Morgan fingerprint density at radius 1 is 1.10 bits per heavy atom. The first-order valence-electron chi connectivity index (χ1n) is 6.76. The predicted octanol–water partition coefficient (Wildman–Crippen LogP) is 5.62. The molecule has 2 aromatic carbocycles. The molecule has 2 aromatic rings. The molecule has 2 atom stereocenters. The minimum Gasteiger partial charge on any atom is -0.205 e. The van der Waals surface area contributed by atoms with Crippen LogP contribution in [0.25, 0.3) is 0 Å². The fourth-order valence-electron chi connectivity index (χ4n) is 2.77. The van der Waals surface area contributed by atoms with Crippen LogP contribution in [0.3, 0.4) is 0 Å². The van der Waals surface area contributed by atoms with Crippen molar-refractivity contribution >= 4 is 11.6 Å². The molecule has 2 unspecified atom stereocenters. The zero-order chi connectivity index (χ0) is 14.1. The van der Waals surface area contributed by atoms with Crippen LogP contribution >= 0.6 is 11.6 Å². The first-order valence-corrected chi connectivity index (χ1v) is 7.14. The summed E-state index contributed by atoms with van der Waals surface area (Å²) in [6.45, 7) is 0. The van der Waals surface area contributed by atoms with E-state index in [-0.39, 0.29) is 5.56 Å². The van der Waals surface area contributed by atoms with Crippen LogP contribution in [0, 0.1) is 5.92 Å². The molecular formula is C17H15ClF2. The molecule has 0 radical (unpaired) electrons. The summed E-state index contributed by atoms with van der Waals surface area (Å²) < 4.78 is 25.6. The molecule has 0 aromatic heterocycles. The zero-order valence-corrected chi connectivity index (χ0v) is 11.7. The second-order valence-electron chi connectivity index (χ2n) is 5.41. The molecule has 0 heterocycles. The highest BCUT2D eigenvalue weighted by molar-refractivity contribution is 6.30. The molecule has 0 saturated heterocycles. The fraction of sp³-hybridized carbons (Fsp3) is 0.294. The van der Waals surface area contributed by atoms with E-state index in [4.69, 9.17) is 11.6 Å². The monoisotopic (exact) mass is 292 g/mol. The number of rotatable bonds is 4. The van der Waals surface area contributed by atoms with E-state index in [0.717, 1.165) is 18.4 Å². The maximum absolute atomic E-state index is 12.8. The molecule has 0 nitrogen and oxygen atoms in total. The number of benzene rings is 2. The van der Waals surface area contributed by atoms with Gasteiger partial charge in [0.15, 0.2) is 0 Å². The Morgan fingerprint density at radius 2 is 1.85 bits per heavy atom. The van der Waals surface area contributed by atoms with Crippen LogP contribution in [0.2, 0.25) is 5.02 Å². The van der Waals surface area contributed by atoms with Gasteiger partial charge in [-0.2, -0.15) is 0 Å². The average Bonchev–Trinajstić information content (AvgIpc) is 3.18. The van der Waals surface area contributed by atoms with Crippen molar-refractivity contribution in [3.05, 3.63) is 70.2 Å². The molecule has 3 heteroatoms. The van der Waals surface area contributed by atoms with Gasteiger partial charge in [0.2, 0.25) is 0 Å². The highest BCUT2D eigenvalue weighted by atomic mass is 35.5. The van der Waals surface area contributed by atoms with E-state index in [0.29, 0.717) is 16.9 Å². The van der Waals surface area contributed by atoms with E-state index in [9.17, 15) is 8.78 Å². The SMILES string of the molecule is FC(F)c1cc(Cl)cc(C2CC2Cc2ccccc2)c1. The van der Waals surface area contributed by atoms with E-state index in [1.165, 1.54) is 11.6 Å². The summed E-state index contributed by atoms with van der Waals surface area (Å²) in [5.74, 6) is 0.910. The molecule has 104 valence electrons. The van der Waals surface area contributed by atoms with E-state index in [2.05, 4.69) is 12.1 Å². The van der Waals surface area contributed by atoms with Gasteiger partial charge in [0.25, 0.3) is 6.43 Å². The van der Waals surface area contributed by atoms with E-state index >= 15 is 0 Å². The average molecular weight is 293 g/mol. The quantitative estimate of drug-likeness (QED) is 0.685. The lowest BCUT2D eigenvalue weighted by Gasteiger charge is -2.06. The van der Waals surface area contributed by atoms with Crippen LogP contribution < -0.4 is 0 Å². The Morgan fingerprint density at radius 3 is 2.55 bits per heavy atom. The molecule has 0 amide bonds. The molecule has 0 aliphatic heterocycles. The summed E-state index contributed by atoms with van der Waals surface area (Å²) in [6.07, 6.45) is -0.404. The minimum absolute atomic E-state index is 0.0258. The fourth-order valence-corrected chi connectivity index (χ4v) is 3.03. The maximum atomic E-state index is 12.8. The highest BCUT2D eigenvalue weighted by Crippen LogP contribution is 2.50. The van der Waals surface area contributed by atoms with Crippen LogP contribution in [0.1, 0.15) is 35.5 Å². The van der Waals surface area contributed by atoms with Gasteiger partial charge in [0, 0.05) is 10.6 Å². The van der Waals surface area contributed by atoms with Gasteiger partial charge in [-0.3, -0.25) is 0 Å². The summed E-state index contributed by atoms with van der Waals surface area (Å²) in [4.78, 5) is 0. The van der Waals surface area contributed by atoms with Crippen LogP contribution in [0.5, 0.6) is 0 Å². The van der Waals surface area contributed by atoms with Gasteiger partial charge in [0.05, 0.1) is 0 Å². The van der Waals surface area contributed by atoms with Gasteiger partial charge in [-0.15, -0.1) is 0 Å². The molecule has 1 aliphatic carbocycles. The molecule has 0 bridgehead atoms. The van der Waals surface area contributed by atoms with Crippen molar-refractivity contribution in [3.8, 4) is 0 Å². The Hall–Kier alpha value is -1.41. The van der Waals surface area contributed by atoms with Crippen molar-refractivity contribution in [3.63, 3.8) is 0 Å². The van der Waals surface area contributed by atoms with E-state index in [1.54, 1.807) is 6.07 Å². The molecule has 3 rings (SSSR count). The van der Waals surface area contributed by atoms with Gasteiger partial charge in [-0.1, -0.05) is 41.9 Å². The lowest BCUT2D eigenvalue weighted by molar-refractivity contribution is 0.151. The normalized spacial score (nSPS) is 21.2. The number of hydrogen-bond acceptors (Lipinski definition) is 0. The maximum Gasteiger partial charge on any atom is 0.263 e. The van der Waals surface area contributed by atoms with Gasteiger partial charge >= 0.3 is 0 Å². The lowest BCUT2D eigenvalue weighted by atomic mass is 10.0. The number of halogens is 3. The van der Waals surface area contributed by atoms with Crippen LogP contribution in [-0.2, 0) is 6.42 Å². The van der Waals surface area contributed by atoms with Crippen molar-refractivity contribution in [2.45, 2.75) is 25.2 Å². The second-order valence-corrected chi connectivity index (χ2v) is 5.85. The van der Waals surface area contributed by atoms with Crippen molar-refractivity contribution in [2.24, 2.45) is 5.92 Å². The van der Waals surface area contributed by atoms with Crippen molar-refractivity contribution in [1.29, 1.82) is 0 Å². The van der Waals surface area contributed by atoms with Crippen molar-refractivity contribution in [2.75, 3.05) is 0 Å². The first-order chi connectivity index (χ1) is 9.63. The Kier molecular flexibility index (Phi) is 3.75. The number of alkyl halides is 2. The largest absolute Gasteiger partial charge is 0.263 e. The van der Waals surface area contributed by atoms with Crippen LogP contribution in [0.15, 0.2) is 48.5 Å². The summed E-state index contributed by atoms with van der Waals surface area (Å²) in [5, 5.41) is 0.406. The molecule has 20 heavy (non-hydrogen) atoms. The summed E-state index contributed by atoms with van der Waals surface area (Å²) >= 11 is 5.94. The third-order valence-electron chi connectivity index (χ3n) is 3.89. The minimum atomic E-state index is -2.46. The molecule has 1 aliphatic rings.